The number of hydrogen-bond acceptors (Lipinski definition) is 4. The number of carbonyl (C=O) groups is 1. The maximum absolute atomic E-state index is 10.9. The summed E-state index contributed by atoms with van der Waals surface area (Å²) in [5, 5.41) is 34.9. The minimum absolute atomic E-state index is 0.156. The third kappa shape index (κ3) is 17.4. The Morgan fingerprint density at radius 1 is 0.714 bits per heavy atom. The molecule has 0 aromatic carbocycles. The van der Waals surface area contributed by atoms with Crippen LogP contribution in [0.25, 0.3) is 0 Å². The van der Waals surface area contributed by atoms with E-state index in [1.807, 2.05) is 6.92 Å². The van der Waals surface area contributed by atoms with E-state index in [1.54, 1.807) is 0 Å². The lowest BCUT2D eigenvalue weighted by Gasteiger charge is -2.24. The van der Waals surface area contributed by atoms with E-state index in [0.717, 1.165) is 12.8 Å². The van der Waals surface area contributed by atoms with Gasteiger partial charge in [-0.2, -0.15) is 0 Å². The average Bonchev–Trinajstić information content (AvgIpc) is 2.70. The van der Waals surface area contributed by atoms with Gasteiger partial charge in [0.05, 0.1) is 19.8 Å². The summed E-state index contributed by atoms with van der Waals surface area (Å²) in [4.78, 5) is 10.9. The lowest BCUT2D eigenvalue weighted by Crippen LogP contribution is -2.32. The first-order valence-electron chi connectivity index (χ1n) is 11.5. The van der Waals surface area contributed by atoms with Gasteiger partial charge >= 0.3 is 5.97 Å². The summed E-state index contributed by atoms with van der Waals surface area (Å²) in [5.74, 6) is -0.202. The van der Waals surface area contributed by atoms with Crippen molar-refractivity contribution in [3.63, 3.8) is 0 Å². The Balaban J connectivity index is 0. The van der Waals surface area contributed by atoms with E-state index in [2.05, 4.69) is 13.8 Å². The first-order chi connectivity index (χ1) is 13.4. The molecular formula is C23H48O5. The molecule has 4 N–H and O–H groups in total. The summed E-state index contributed by atoms with van der Waals surface area (Å²) in [7, 11) is 0. The Kier molecular flexibility index (Phi) is 22.2. The highest BCUT2D eigenvalue weighted by molar-refractivity contribution is 5.66. The van der Waals surface area contributed by atoms with Crippen molar-refractivity contribution in [2.45, 2.75) is 111 Å². The smallest absolute Gasteiger partial charge is 0.303 e. The quantitative estimate of drug-likeness (QED) is 0.237. The number of aliphatic carboxylic acids is 1. The molecule has 0 aromatic rings. The minimum atomic E-state index is -0.667. The zero-order valence-electron chi connectivity index (χ0n) is 18.8. The van der Waals surface area contributed by atoms with E-state index in [0.29, 0.717) is 18.8 Å². The largest absolute Gasteiger partial charge is 0.481 e. The molecule has 0 aromatic heterocycles. The minimum Gasteiger partial charge on any atom is -0.481 e. The summed E-state index contributed by atoms with van der Waals surface area (Å²) in [6, 6.07) is 0. The van der Waals surface area contributed by atoms with Crippen LogP contribution in [0.4, 0.5) is 0 Å². The number of aliphatic hydroxyl groups is 3. The molecule has 0 aliphatic heterocycles. The normalized spacial score (nSPS) is 12.4. The van der Waals surface area contributed by atoms with Gasteiger partial charge in [-0.1, -0.05) is 85.0 Å². The van der Waals surface area contributed by atoms with Crippen LogP contribution in [-0.2, 0) is 4.79 Å². The zero-order valence-corrected chi connectivity index (χ0v) is 18.8. The van der Waals surface area contributed by atoms with Crippen molar-refractivity contribution in [2.24, 2.45) is 11.3 Å². The number of carboxylic acid groups (broad SMARTS) is 1. The molecule has 1 atom stereocenters. The maximum atomic E-state index is 10.9. The molecule has 0 fully saturated rings. The van der Waals surface area contributed by atoms with Crippen molar-refractivity contribution in [3.8, 4) is 0 Å². The average molecular weight is 405 g/mol. The first-order valence-corrected chi connectivity index (χ1v) is 11.5. The molecular weight excluding hydrogens is 356 g/mol. The van der Waals surface area contributed by atoms with Crippen molar-refractivity contribution in [1.82, 2.24) is 0 Å². The van der Waals surface area contributed by atoms with Crippen molar-refractivity contribution < 1.29 is 25.2 Å². The fraction of sp³-hybridized carbons (Fsp3) is 0.957. The van der Waals surface area contributed by atoms with Crippen LogP contribution in [0.2, 0.25) is 0 Å². The number of rotatable bonds is 18. The third-order valence-corrected chi connectivity index (χ3v) is 5.65. The highest BCUT2D eigenvalue weighted by Crippen LogP contribution is 2.22. The summed E-state index contributed by atoms with van der Waals surface area (Å²) < 4.78 is 0. The van der Waals surface area contributed by atoms with E-state index in [4.69, 9.17) is 20.4 Å². The fourth-order valence-corrected chi connectivity index (χ4v) is 3.15. The fourth-order valence-electron chi connectivity index (χ4n) is 3.15. The molecule has 0 aliphatic rings. The molecule has 0 saturated carbocycles. The van der Waals surface area contributed by atoms with Gasteiger partial charge < -0.3 is 20.4 Å². The molecule has 28 heavy (non-hydrogen) atoms. The van der Waals surface area contributed by atoms with Gasteiger partial charge in [0.1, 0.15) is 0 Å². The van der Waals surface area contributed by atoms with E-state index >= 15 is 0 Å². The van der Waals surface area contributed by atoms with Crippen LogP contribution in [0.5, 0.6) is 0 Å². The predicted octanol–water partition coefficient (Wildman–Crippen LogP) is 5.16. The zero-order chi connectivity index (χ0) is 21.7. The van der Waals surface area contributed by atoms with Crippen LogP contribution >= 0.6 is 0 Å². The van der Waals surface area contributed by atoms with Crippen LogP contribution < -0.4 is 0 Å². The van der Waals surface area contributed by atoms with Gasteiger partial charge in [-0.15, -0.1) is 0 Å². The molecule has 0 aliphatic carbocycles. The van der Waals surface area contributed by atoms with Crippen LogP contribution in [-0.4, -0.2) is 46.2 Å². The maximum Gasteiger partial charge on any atom is 0.303 e. The van der Waals surface area contributed by atoms with E-state index in [-0.39, 0.29) is 19.8 Å². The summed E-state index contributed by atoms with van der Waals surface area (Å²) in [6.45, 7) is 5.80. The van der Waals surface area contributed by atoms with Crippen molar-refractivity contribution in [1.29, 1.82) is 0 Å². The van der Waals surface area contributed by atoms with Crippen molar-refractivity contribution in [2.75, 3.05) is 19.8 Å². The molecule has 0 saturated heterocycles. The number of aliphatic hydroxyl groups excluding tert-OH is 3. The van der Waals surface area contributed by atoms with Gasteiger partial charge in [0.2, 0.25) is 0 Å². The number of hydrogen-bond donors (Lipinski definition) is 4. The highest BCUT2D eigenvalue weighted by atomic mass is 16.4. The predicted molar refractivity (Wildman–Crippen MR) is 116 cm³/mol. The molecule has 5 nitrogen and oxygen atoms in total. The summed E-state index contributed by atoms with van der Waals surface area (Å²) in [6.07, 6.45) is 16.0. The second-order valence-electron chi connectivity index (χ2n) is 8.20. The molecule has 170 valence electrons. The Morgan fingerprint density at radius 3 is 1.43 bits per heavy atom. The topological polar surface area (TPSA) is 98.0 Å². The Bertz CT molecular complexity index is 311. The molecule has 0 radical (unpaired) electrons. The Morgan fingerprint density at radius 2 is 1.11 bits per heavy atom. The van der Waals surface area contributed by atoms with Crippen molar-refractivity contribution >= 4 is 5.97 Å². The molecule has 1 unspecified atom stereocenters. The van der Waals surface area contributed by atoms with Gasteiger partial charge in [0.25, 0.3) is 0 Å². The molecule has 0 amide bonds. The lowest BCUT2D eigenvalue weighted by atomic mass is 9.88. The van der Waals surface area contributed by atoms with Gasteiger partial charge in [0.15, 0.2) is 0 Å². The van der Waals surface area contributed by atoms with E-state index in [1.165, 1.54) is 64.2 Å². The van der Waals surface area contributed by atoms with E-state index in [9.17, 15) is 4.79 Å². The highest BCUT2D eigenvalue weighted by Gasteiger charge is 2.24. The lowest BCUT2D eigenvalue weighted by molar-refractivity contribution is -0.138. The monoisotopic (exact) mass is 404 g/mol. The SMILES string of the molecule is CCC(CO)(CO)CO.CCCCCCCCC(CCCCCC)CC(=O)O. The van der Waals surface area contributed by atoms with Crippen LogP contribution in [0.1, 0.15) is 111 Å². The molecule has 5 heteroatoms. The standard InChI is InChI=1S/C17H34O2.C6H14O3/c1-3-5-7-9-10-12-14-16(15-17(18)19)13-11-8-6-4-2;1-2-6(3-7,4-8)5-9/h16H,3-15H2,1-2H3,(H,18,19);7-9H,2-5H2,1H3. The molecule has 0 heterocycles. The summed E-state index contributed by atoms with van der Waals surface area (Å²) in [5.41, 5.74) is -0.667. The number of unbranched alkanes of at least 4 members (excludes halogenated alkanes) is 8. The summed E-state index contributed by atoms with van der Waals surface area (Å²) >= 11 is 0. The van der Waals surface area contributed by atoms with Gasteiger partial charge in [-0.3, -0.25) is 4.79 Å². The molecule has 0 spiro atoms. The van der Waals surface area contributed by atoms with Gasteiger partial charge in [-0.25, -0.2) is 0 Å². The number of carboxylic acids is 1. The Hall–Kier alpha value is -0.650. The van der Waals surface area contributed by atoms with Gasteiger partial charge in [-0.05, 0) is 25.2 Å². The Labute approximate surface area is 173 Å². The third-order valence-electron chi connectivity index (χ3n) is 5.65. The van der Waals surface area contributed by atoms with Crippen molar-refractivity contribution in [3.05, 3.63) is 0 Å². The first kappa shape index (κ1) is 29.6. The van der Waals surface area contributed by atoms with Crippen LogP contribution in [0.15, 0.2) is 0 Å². The van der Waals surface area contributed by atoms with Gasteiger partial charge in [0, 0.05) is 11.8 Å². The van der Waals surface area contributed by atoms with Crippen LogP contribution in [0, 0.1) is 11.3 Å². The second-order valence-corrected chi connectivity index (χ2v) is 8.20. The molecule has 0 bridgehead atoms. The second kappa shape index (κ2) is 21.1. The molecule has 0 rings (SSSR count). The van der Waals surface area contributed by atoms with E-state index < -0.39 is 11.4 Å². The van der Waals surface area contributed by atoms with Crippen LogP contribution in [0.3, 0.4) is 0 Å².